The number of hydrogen-bond acceptors (Lipinski definition) is 3. The van der Waals surface area contributed by atoms with Crippen molar-refractivity contribution in [2.24, 2.45) is 0 Å². The van der Waals surface area contributed by atoms with Crippen molar-refractivity contribution in [3.05, 3.63) is 34.5 Å². The van der Waals surface area contributed by atoms with Gasteiger partial charge in [-0.3, -0.25) is 0 Å². The van der Waals surface area contributed by atoms with Crippen LogP contribution in [-0.4, -0.2) is 19.6 Å². The summed E-state index contributed by atoms with van der Waals surface area (Å²) in [7, 11) is 0. The van der Waals surface area contributed by atoms with Crippen LogP contribution < -0.4 is 0 Å². The molecule has 0 bridgehead atoms. The molecule has 0 aliphatic heterocycles. The van der Waals surface area contributed by atoms with E-state index in [-0.39, 0.29) is 12.4 Å². The molecule has 3 aromatic heterocycles. The number of pyridine rings is 1. The highest BCUT2D eigenvalue weighted by Gasteiger charge is 2.13. The summed E-state index contributed by atoms with van der Waals surface area (Å²) >= 11 is 12.1. The molecule has 0 N–H and O–H groups in total. The average molecular weight is 318 g/mol. The van der Waals surface area contributed by atoms with Crippen LogP contribution in [0.2, 0.25) is 5.15 Å². The average Bonchev–Trinajstić information content (AvgIpc) is 2.68. The lowest BCUT2D eigenvalue weighted by Gasteiger charge is -2.07. The molecule has 0 amide bonds. The molecular formula is C12H11Cl3N4. The summed E-state index contributed by atoms with van der Waals surface area (Å²) in [6.45, 7) is 3.81. The fraction of sp³-hybridized carbons (Fsp3) is 0.250. The third-order valence-electron chi connectivity index (χ3n) is 2.78. The molecule has 0 atom stereocenters. The van der Waals surface area contributed by atoms with E-state index in [9.17, 15) is 0 Å². The first-order valence-electron chi connectivity index (χ1n) is 5.48. The van der Waals surface area contributed by atoms with Gasteiger partial charge in [0.2, 0.25) is 0 Å². The molecular weight excluding hydrogens is 307 g/mol. The topological polar surface area (TPSA) is 43.1 Å². The van der Waals surface area contributed by atoms with Crippen LogP contribution in [0, 0.1) is 13.8 Å². The van der Waals surface area contributed by atoms with Gasteiger partial charge in [0.1, 0.15) is 11.0 Å². The smallest absolute Gasteiger partial charge is 0.145 e. The Balaban J connectivity index is 0.00000133. The highest BCUT2D eigenvalue weighted by Crippen LogP contribution is 2.27. The van der Waals surface area contributed by atoms with Crippen LogP contribution in [-0.2, 0) is 5.88 Å². The molecule has 3 rings (SSSR count). The molecule has 0 fully saturated rings. The quantitative estimate of drug-likeness (QED) is 0.507. The third kappa shape index (κ3) is 2.24. The molecule has 0 aromatic carbocycles. The molecule has 0 saturated carbocycles. The molecule has 0 saturated heterocycles. The van der Waals surface area contributed by atoms with Crippen LogP contribution >= 0.6 is 35.6 Å². The van der Waals surface area contributed by atoms with Crippen molar-refractivity contribution in [1.82, 2.24) is 19.6 Å². The number of halogens is 3. The summed E-state index contributed by atoms with van der Waals surface area (Å²) < 4.78 is 1.73. The predicted molar refractivity (Wildman–Crippen MR) is 79.6 cm³/mol. The van der Waals surface area contributed by atoms with Gasteiger partial charge in [-0.25, -0.2) is 14.5 Å². The van der Waals surface area contributed by atoms with Crippen molar-refractivity contribution in [1.29, 1.82) is 0 Å². The number of fused-ring (bicyclic) bond motifs is 3. The van der Waals surface area contributed by atoms with Gasteiger partial charge in [0.15, 0.2) is 0 Å². The summed E-state index contributed by atoms with van der Waals surface area (Å²) in [6.07, 6.45) is 0. The first-order valence-corrected chi connectivity index (χ1v) is 6.39. The van der Waals surface area contributed by atoms with Crippen LogP contribution in [0.15, 0.2) is 12.1 Å². The number of rotatable bonds is 1. The SMILES string of the molecule is Cc1cc2nc(CCl)n3nc(C)cc3c2c(Cl)n1.Cl. The minimum absolute atomic E-state index is 0. The number of hydrogen-bond donors (Lipinski definition) is 0. The van der Waals surface area contributed by atoms with Gasteiger partial charge in [-0.1, -0.05) is 11.6 Å². The van der Waals surface area contributed by atoms with Crippen LogP contribution in [0.5, 0.6) is 0 Å². The van der Waals surface area contributed by atoms with Gasteiger partial charge >= 0.3 is 0 Å². The first-order chi connectivity index (χ1) is 8.60. The zero-order chi connectivity index (χ0) is 12.9. The molecule has 0 radical (unpaired) electrons. The van der Waals surface area contributed by atoms with Gasteiger partial charge in [0.05, 0.1) is 28.0 Å². The maximum atomic E-state index is 6.22. The maximum Gasteiger partial charge on any atom is 0.145 e. The molecule has 3 heterocycles. The van der Waals surface area contributed by atoms with E-state index in [1.54, 1.807) is 4.52 Å². The Kier molecular flexibility index (Phi) is 3.85. The minimum Gasteiger partial charge on any atom is -0.241 e. The molecule has 0 spiro atoms. The highest BCUT2D eigenvalue weighted by atomic mass is 35.5. The monoisotopic (exact) mass is 316 g/mol. The maximum absolute atomic E-state index is 6.22. The van der Waals surface area contributed by atoms with Crippen molar-refractivity contribution in [3.63, 3.8) is 0 Å². The van der Waals surface area contributed by atoms with E-state index in [0.717, 1.165) is 27.8 Å². The van der Waals surface area contributed by atoms with Gasteiger partial charge in [0.25, 0.3) is 0 Å². The zero-order valence-corrected chi connectivity index (χ0v) is 12.6. The largest absolute Gasteiger partial charge is 0.241 e. The van der Waals surface area contributed by atoms with E-state index in [2.05, 4.69) is 15.1 Å². The van der Waals surface area contributed by atoms with Crippen LogP contribution in [0.4, 0.5) is 0 Å². The Hall–Kier alpha value is -1.10. The molecule has 0 aliphatic carbocycles. The summed E-state index contributed by atoms with van der Waals surface area (Å²) in [5.74, 6) is 1.00. The van der Waals surface area contributed by atoms with E-state index in [4.69, 9.17) is 23.2 Å². The second-order valence-corrected chi connectivity index (χ2v) is 4.82. The molecule has 4 nitrogen and oxygen atoms in total. The fourth-order valence-corrected chi connectivity index (χ4v) is 2.59. The van der Waals surface area contributed by atoms with Crippen molar-refractivity contribution >= 4 is 52.0 Å². The standard InChI is InChI=1S/C12H10Cl2N4.ClH/c1-6-3-8-11(12(14)15-6)9-4-7(2)17-18(9)10(5-13)16-8;/h3-4H,5H2,1-2H3;1H. The van der Waals surface area contributed by atoms with Crippen LogP contribution in [0.25, 0.3) is 16.4 Å². The third-order valence-corrected chi connectivity index (χ3v) is 3.30. The second-order valence-electron chi connectivity index (χ2n) is 4.19. The second kappa shape index (κ2) is 5.12. The number of aryl methyl sites for hydroxylation is 2. The van der Waals surface area contributed by atoms with Gasteiger partial charge in [-0.15, -0.1) is 24.0 Å². The Morgan fingerprint density at radius 3 is 2.58 bits per heavy atom. The van der Waals surface area contributed by atoms with Gasteiger partial charge < -0.3 is 0 Å². The molecule has 100 valence electrons. The molecule has 19 heavy (non-hydrogen) atoms. The predicted octanol–water partition coefficient (Wildman–Crippen LogP) is 3.71. The number of aromatic nitrogens is 4. The van der Waals surface area contributed by atoms with Crippen molar-refractivity contribution in [3.8, 4) is 0 Å². The van der Waals surface area contributed by atoms with Gasteiger partial charge in [-0.05, 0) is 26.0 Å². The lowest BCUT2D eigenvalue weighted by atomic mass is 10.2. The van der Waals surface area contributed by atoms with Crippen molar-refractivity contribution in [2.75, 3.05) is 0 Å². The van der Waals surface area contributed by atoms with Gasteiger partial charge in [-0.2, -0.15) is 5.10 Å². The summed E-state index contributed by atoms with van der Waals surface area (Å²) in [4.78, 5) is 8.77. The Morgan fingerprint density at radius 2 is 1.89 bits per heavy atom. The van der Waals surface area contributed by atoms with E-state index in [0.29, 0.717) is 16.9 Å². The molecule has 7 heteroatoms. The molecule has 0 aliphatic rings. The lowest BCUT2D eigenvalue weighted by Crippen LogP contribution is -2.02. The van der Waals surface area contributed by atoms with Crippen molar-refractivity contribution < 1.29 is 0 Å². The van der Waals surface area contributed by atoms with Gasteiger partial charge in [0, 0.05) is 5.69 Å². The van der Waals surface area contributed by atoms with E-state index >= 15 is 0 Å². The molecule has 3 aromatic rings. The van der Waals surface area contributed by atoms with Crippen LogP contribution in [0.3, 0.4) is 0 Å². The number of alkyl halides is 1. The summed E-state index contributed by atoms with van der Waals surface area (Å²) in [5.41, 5.74) is 3.43. The lowest BCUT2D eigenvalue weighted by molar-refractivity contribution is 0.849. The van der Waals surface area contributed by atoms with E-state index < -0.39 is 0 Å². The normalized spacial score (nSPS) is 10.9. The molecule has 0 unspecified atom stereocenters. The first kappa shape index (κ1) is 14.3. The summed E-state index contributed by atoms with van der Waals surface area (Å²) in [5, 5.41) is 5.65. The Morgan fingerprint density at radius 1 is 1.16 bits per heavy atom. The Bertz CT molecular complexity index is 767. The van der Waals surface area contributed by atoms with Crippen LogP contribution in [0.1, 0.15) is 17.2 Å². The van der Waals surface area contributed by atoms with E-state index in [1.165, 1.54) is 0 Å². The number of nitrogens with zero attached hydrogens (tertiary/aromatic N) is 4. The Labute approximate surface area is 126 Å². The zero-order valence-electron chi connectivity index (χ0n) is 10.3. The minimum atomic E-state index is 0. The highest BCUT2D eigenvalue weighted by molar-refractivity contribution is 6.35. The van der Waals surface area contributed by atoms with Crippen molar-refractivity contribution in [2.45, 2.75) is 19.7 Å². The van der Waals surface area contributed by atoms with E-state index in [1.807, 2.05) is 26.0 Å². The summed E-state index contributed by atoms with van der Waals surface area (Å²) in [6, 6.07) is 3.86. The fourth-order valence-electron chi connectivity index (χ4n) is 2.09.